The lowest BCUT2D eigenvalue weighted by Gasteiger charge is -2.34. The summed E-state index contributed by atoms with van der Waals surface area (Å²) in [5.41, 5.74) is 0.404. The summed E-state index contributed by atoms with van der Waals surface area (Å²) in [5.74, 6) is 0.855. The van der Waals surface area contributed by atoms with Gasteiger partial charge in [0.2, 0.25) is 0 Å². The molecule has 15 heavy (non-hydrogen) atoms. The maximum atomic E-state index is 6.02. The van der Waals surface area contributed by atoms with E-state index in [4.69, 9.17) is 4.74 Å². The van der Waals surface area contributed by atoms with Crippen LogP contribution >= 0.6 is 0 Å². The average molecular weight is 211 g/mol. The molecule has 0 bridgehead atoms. The topological polar surface area (TPSA) is 12.5 Å². The second-order valence-electron chi connectivity index (χ2n) is 6.48. The van der Waals surface area contributed by atoms with Gasteiger partial charge in [-0.1, -0.05) is 6.92 Å². The minimum Gasteiger partial charge on any atom is -0.374 e. The van der Waals surface area contributed by atoms with Crippen molar-refractivity contribution >= 4 is 0 Å². The van der Waals surface area contributed by atoms with Crippen molar-refractivity contribution in [3.8, 4) is 0 Å². The maximum Gasteiger partial charge on any atom is 0.0657 e. The van der Waals surface area contributed by atoms with E-state index in [1.807, 2.05) is 0 Å². The molecular formula is C13H25NO. The third-order valence-corrected chi connectivity index (χ3v) is 3.78. The van der Waals surface area contributed by atoms with Gasteiger partial charge in [0.25, 0.3) is 0 Å². The first kappa shape index (κ1) is 11.4. The first-order valence-electron chi connectivity index (χ1n) is 6.30. The molecule has 2 saturated heterocycles. The lowest BCUT2D eigenvalue weighted by molar-refractivity contribution is -0.0524. The summed E-state index contributed by atoms with van der Waals surface area (Å²) in [6.07, 6.45) is 4.04. The normalized spacial score (nSPS) is 37.2. The van der Waals surface area contributed by atoms with Gasteiger partial charge in [0.15, 0.2) is 0 Å². The number of fused-ring (bicyclic) bond motifs is 1. The van der Waals surface area contributed by atoms with Crippen LogP contribution in [0, 0.1) is 5.92 Å². The molecule has 0 amide bonds. The standard InChI is InChI=1S/C13H25NO/c1-11-8-13(10-15-12(2,3)4)6-5-7-14(13)9-11/h11H,5-10H2,1-4H3/t11-,13?/m1/s1. The third kappa shape index (κ3) is 2.36. The van der Waals surface area contributed by atoms with Crippen LogP contribution in [0.4, 0.5) is 0 Å². The molecule has 2 heteroatoms. The summed E-state index contributed by atoms with van der Waals surface area (Å²) >= 11 is 0. The number of ether oxygens (including phenoxy) is 1. The third-order valence-electron chi connectivity index (χ3n) is 3.78. The molecule has 0 saturated carbocycles. The Kier molecular flexibility index (Phi) is 2.85. The Hall–Kier alpha value is -0.0800. The fourth-order valence-electron chi connectivity index (χ4n) is 3.17. The second-order valence-corrected chi connectivity index (χ2v) is 6.48. The molecule has 2 heterocycles. The van der Waals surface area contributed by atoms with E-state index in [0.29, 0.717) is 5.54 Å². The van der Waals surface area contributed by atoms with E-state index in [2.05, 4.69) is 32.6 Å². The van der Waals surface area contributed by atoms with Gasteiger partial charge >= 0.3 is 0 Å². The number of hydrogen-bond donors (Lipinski definition) is 0. The molecule has 0 aromatic carbocycles. The summed E-state index contributed by atoms with van der Waals surface area (Å²) in [4.78, 5) is 2.67. The van der Waals surface area contributed by atoms with Gasteiger partial charge in [-0.15, -0.1) is 0 Å². The minimum atomic E-state index is 0.00877. The molecule has 0 aromatic heterocycles. The van der Waals surface area contributed by atoms with Crippen LogP contribution in [-0.4, -0.2) is 35.7 Å². The highest BCUT2D eigenvalue weighted by molar-refractivity contribution is 5.02. The van der Waals surface area contributed by atoms with E-state index in [9.17, 15) is 0 Å². The van der Waals surface area contributed by atoms with Crippen LogP contribution in [0.3, 0.4) is 0 Å². The van der Waals surface area contributed by atoms with Crippen LogP contribution < -0.4 is 0 Å². The van der Waals surface area contributed by atoms with Crippen LogP contribution in [-0.2, 0) is 4.74 Å². The van der Waals surface area contributed by atoms with Crippen LogP contribution in [0.1, 0.15) is 47.0 Å². The molecule has 2 atom stereocenters. The average Bonchev–Trinajstić information content (AvgIpc) is 2.55. The van der Waals surface area contributed by atoms with E-state index < -0.39 is 0 Å². The zero-order valence-corrected chi connectivity index (χ0v) is 10.7. The molecule has 0 N–H and O–H groups in total. The summed E-state index contributed by atoms with van der Waals surface area (Å²) in [7, 11) is 0. The lowest BCUT2D eigenvalue weighted by atomic mass is 9.91. The molecule has 0 radical (unpaired) electrons. The van der Waals surface area contributed by atoms with Crippen LogP contribution in [0.5, 0.6) is 0 Å². The first-order chi connectivity index (χ1) is 6.91. The van der Waals surface area contributed by atoms with Gasteiger partial charge < -0.3 is 4.74 Å². The fourth-order valence-corrected chi connectivity index (χ4v) is 3.17. The van der Waals surface area contributed by atoms with Crippen LogP contribution in [0.15, 0.2) is 0 Å². The van der Waals surface area contributed by atoms with Crippen LogP contribution in [0.2, 0.25) is 0 Å². The summed E-state index contributed by atoms with van der Waals surface area (Å²) < 4.78 is 6.02. The molecule has 2 nitrogen and oxygen atoms in total. The SMILES string of the molecule is C[C@H]1CN2CCCC2(COC(C)(C)C)C1. The van der Waals surface area contributed by atoms with Crippen molar-refractivity contribution in [1.82, 2.24) is 4.90 Å². The van der Waals surface area contributed by atoms with E-state index >= 15 is 0 Å². The first-order valence-corrected chi connectivity index (χ1v) is 6.30. The Balaban J connectivity index is 1.99. The zero-order valence-electron chi connectivity index (χ0n) is 10.7. The molecule has 2 aliphatic heterocycles. The second kappa shape index (κ2) is 3.74. The zero-order chi connectivity index (χ0) is 11.1. The van der Waals surface area contributed by atoms with Gasteiger partial charge in [-0.3, -0.25) is 4.90 Å². The van der Waals surface area contributed by atoms with E-state index in [1.54, 1.807) is 0 Å². The smallest absolute Gasteiger partial charge is 0.0657 e. The highest BCUT2D eigenvalue weighted by Crippen LogP contribution is 2.42. The molecule has 0 aliphatic carbocycles. The van der Waals surface area contributed by atoms with Crippen molar-refractivity contribution in [1.29, 1.82) is 0 Å². The molecule has 1 unspecified atom stereocenters. The Morgan fingerprint density at radius 1 is 1.40 bits per heavy atom. The van der Waals surface area contributed by atoms with Gasteiger partial charge in [-0.05, 0) is 52.5 Å². The Bertz CT molecular complexity index is 233. The Morgan fingerprint density at radius 3 is 2.80 bits per heavy atom. The Labute approximate surface area is 94.0 Å². The number of nitrogens with zero attached hydrogens (tertiary/aromatic N) is 1. The number of rotatable bonds is 2. The highest BCUT2D eigenvalue weighted by atomic mass is 16.5. The fraction of sp³-hybridized carbons (Fsp3) is 1.00. The quantitative estimate of drug-likeness (QED) is 0.696. The van der Waals surface area contributed by atoms with Crippen molar-refractivity contribution in [3.63, 3.8) is 0 Å². The maximum absolute atomic E-state index is 6.02. The summed E-state index contributed by atoms with van der Waals surface area (Å²) in [6.45, 7) is 12.3. The van der Waals surface area contributed by atoms with Gasteiger partial charge in [0.1, 0.15) is 0 Å². The summed E-state index contributed by atoms with van der Waals surface area (Å²) in [5, 5.41) is 0. The van der Waals surface area contributed by atoms with Gasteiger partial charge in [-0.2, -0.15) is 0 Å². The van der Waals surface area contributed by atoms with Crippen molar-refractivity contribution in [2.75, 3.05) is 19.7 Å². The van der Waals surface area contributed by atoms with Gasteiger partial charge in [-0.25, -0.2) is 0 Å². The minimum absolute atomic E-state index is 0.00877. The van der Waals surface area contributed by atoms with E-state index in [1.165, 1.54) is 32.4 Å². The molecule has 2 rings (SSSR count). The van der Waals surface area contributed by atoms with Crippen molar-refractivity contribution < 1.29 is 4.74 Å². The molecule has 2 aliphatic rings. The highest BCUT2D eigenvalue weighted by Gasteiger charge is 2.47. The van der Waals surface area contributed by atoms with E-state index in [0.717, 1.165) is 12.5 Å². The van der Waals surface area contributed by atoms with E-state index in [-0.39, 0.29) is 5.60 Å². The Morgan fingerprint density at radius 2 is 2.13 bits per heavy atom. The summed E-state index contributed by atoms with van der Waals surface area (Å²) in [6, 6.07) is 0. The predicted octanol–water partition coefficient (Wildman–Crippen LogP) is 2.68. The van der Waals surface area contributed by atoms with Crippen LogP contribution in [0.25, 0.3) is 0 Å². The van der Waals surface area contributed by atoms with Gasteiger partial charge in [0, 0.05) is 12.1 Å². The molecule has 0 aromatic rings. The largest absolute Gasteiger partial charge is 0.374 e. The molecule has 88 valence electrons. The van der Waals surface area contributed by atoms with Gasteiger partial charge in [0.05, 0.1) is 12.2 Å². The molecule has 0 spiro atoms. The molecular weight excluding hydrogens is 186 g/mol. The number of hydrogen-bond acceptors (Lipinski definition) is 2. The lowest BCUT2D eigenvalue weighted by Crippen LogP contribution is -2.44. The van der Waals surface area contributed by atoms with Crippen molar-refractivity contribution in [3.05, 3.63) is 0 Å². The monoisotopic (exact) mass is 211 g/mol. The van der Waals surface area contributed by atoms with Crippen molar-refractivity contribution in [2.45, 2.75) is 58.1 Å². The molecule has 2 fully saturated rings. The van der Waals surface area contributed by atoms with Crippen molar-refractivity contribution in [2.24, 2.45) is 5.92 Å². The predicted molar refractivity (Wildman–Crippen MR) is 63.0 cm³/mol.